The first-order valence-corrected chi connectivity index (χ1v) is 9.74. The highest BCUT2D eigenvalue weighted by Gasteiger charge is 2.36. The van der Waals surface area contributed by atoms with Gasteiger partial charge in [-0.3, -0.25) is 0 Å². The SMILES string of the molecule is CCCCC1=C(C(=O)OC(C)C)C(c2cccc(OC)c2OCC)NC(=O)N1. The topological polar surface area (TPSA) is 85.9 Å². The van der Waals surface area contributed by atoms with E-state index in [1.54, 1.807) is 27.0 Å². The highest BCUT2D eigenvalue weighted by atomic mass is 16.5. The van der Waals surface area contributed by atoms with Crippen molar-refractivity contribution < 1.29 is 23.8 Å². The monoisotopic (exact) mass is 390 g/mol. The molecule has 2 amide bonds. The summed E-state index contributed by atoms with van der Waals surface area (Å²) in [7, 11) is 1.55. The van der Waals surface area contributed by atoms with E-state index >= 15 is 0 Å². The molecule has 2 N–H and O–H groups in total. The van der Waals surface area contributed by atoms with E-state index in [0.717, 1.165) is 12.8 Å². The van der Waals surface area contributed by atoms with Crippen molar-refractivity contribution in [2.75, 3.05) is 13.7 Å². The third-order valence-corrected chi connectivity index (χ3v) is 4.33. The van der Waals surface area contributed by atoms with Crippen LogP contribution in [0.15, 0.2) is 29.5 Å². The Balaban J connectivity index is 2.61. The van der Waals surface area contributed by atoms with Crippen molar-refractivity contribution in [1.82, 2.24) is 10.6 Å². The predicted octanol–water partition coefficient (Wildman–Crippen LogP) is 3.84. The fourth-order valence-corrected chi connectivity index (χ4v) is 3.14. The predicted molar refractivity (Wildman–Crippen MR) is 106 cm³/mol. The molecule has 1 unspecified atom stereocenters. The number of urea groups is 1. The first-order chi connectivity index (χ1) is 13.4. The van der Waals surface area contributed by atoms with Crippen LogP contribution in [-0.2, 0) is 9.53 Å². The number of allylic oxidation sites excluding steroid dienone is 1. The van der Waals surface area contributed by atoms with Crippen LogP contribution >= 0.6 is 0 Å². The first kappa shape index (κ1) is 21.6. The normalized spacial score (nSPS) is 16.5. The van der Waals surface area contributed by atoms with E-state index in [4.69, 9.17) is 14.2 Å². The van der Waals surface area contributed by atoms with Crippen LogP contribution in [0.5, 0.6) is 11.5 Å². The van der Waals surface area contributed by atoms with E-state index < -0.39 is 12.0 Å². The number of amides is 2. The lowest BCUT2D eigenvalue weighted by molar-refractivity contribution is -0.143. The van der Waals surface area contributed by atoms with Gasteiger partial charge in [0.15, 0.2) is 11.5 Å². The second-order valence-corrected chi connectivity index (χ2v) is 6.79. The molecular formula is C21H30N2O5. The third-order valence-electron chi connectivity index (χ3n) is 4.33. The summed E-state index contributed by atoms with van der Waals surface area (Å²) in [6.07, 6.45) is 2.09. The summed E-state index contributed by atoms with van der Waals surface area (Å²) in [5.74, 6) is 0.590. The van der Waals surface area contributed by atoms with E-state index in [-0.39, 0.29) is 12.1 Å². The lowest BCUT2D eigenvalue weighted by Crippen LogP contribution is -2.46. The lowest BCUT2D eigenvalue weighted by Gasteiger charge is -2.31. The minimum absolute atomic E-state index is 0.276. The van der Waals surface area contributed by atoms with Gasteiger partial charge in [0.1, 0.15) is 0 Å². The van der Waals surface area contributed by atoms with Gasteiger partial charge in [-0.2, -0.15) is 0 Å². The van der Waals surface area contributed by atoms with Crippen molar-refractivity contribution in [3.05, 3.63) is 35.0 Å². The van der Waals surface area contributed by atoms with Crippen LogP contribution in [0.25, 0.3) is 0 Å². The second-order valence-electron chi connectivity index (χ2n) is 6.79. The standard InChI is InChI=1S/C21H30N2O5/c1-6-8-11-15-17(20(24)28-13(3)4)18(23-21(25)22-15)14-10-9-12-16(26-5)19(14)27-7-2/h9-10,12-13,18H,6-8,11H2,1-5H3,(H2,22,23,25). The van der Waals surface area contributed by atoms with E-state index in [2.05, 4.69) is 17.6 Å². The number of methoxy groups -OCH3 is 1. The van der Waals surface area contributed by atoms with Crippen LogP contribution < -0.4 is 20.1 Å². The Labute approximate surface area is 166 Å². The zero-order chi connectivity index (χ0) is 20.7. The molecule has 0 aliphatic carbocycles. The van der Waals surface area contributed by atoms with Crippen molar-refractivity contribution in [3.63, 3.8) is 0 Å². The summed E-state index contributed by atoms with van der Waals surface area (Å²) in [6, 6.07) is 4.36. The third kappa shape index (κ3) is 4.97. The van der Waals surface area contributed by atoms with Gasteiger partial charge < -0.3 is 24.8 Å². The van der Waals surface area contributed by atoms with Crippen molar-refractivity contribution in [2.24, 2.45) is 0 Å². The molecule has 154 valence electrons. The summed E-state index contributed by atoms with van der Waals surface area (Å²) in [5, 5.41) is 5.64. The maximum Gasteiger partial charge on any atom is 0.338 e. The van der Waals surface area contributed by atoms with Gasteiger partial charge in [0.2, 0.25) is 0 Å². The maximum absolute atomic E-state index is 13.0. The van der Waals surface area contributed by atoms with Crippen molar-refractivity contribution in [3.8, 4) is 11.5 Å². The molecule has 0 saturated heterocycles. The summed E-state index contributed by atoms with van der Waals surface area (Å²) in [6.45, 7) is 7.94. The van der Waals surface area contributed by atoms with Crippen molar-refractivity contribution in [1.29, 1.82) is 0 Å². The zero-order valence-corrected chi connectivity index (χ0v) is 17.3. The van der Waals surface area contributed by atoms with Crippen LogP contribution in [0.2, 0.25) is 0 Å². The largest absolute Gasteiger partial charge is 0.493 e. The van der Waals surface area contributed by atoms with Gasteiger partial charge in [-0.1, -0.05) is 25.5 Å². The smallest absolute Gasteiger partial charge is 0.338 e. The molecule has 7 nitrogen and oxygen atoms in total. The molecule has 0 saturated carbocycles. The minimum atomic E-state index is -0.691. The Bertz CT molecular complexity index is 742. The summed E-state index contributed by atoms with van der Waals surface area (Å²) in [5.41, 5.74) is 1.64. The number of ether oxygens (including phenoxy) is 3. The number of benzene rings is 1. The van der Waals surface area contributed by atoms with E-state index in [1.165, 1.54) is 0 Å². The number of unbranched alkanes of at least 4 members (excludes halogenated alkanes) is 1. The molecule has 0 fully saturated rings. The van der Waals surface area contributed by atoms with Gasteiger partial charge in [-0.05, 0) is 39.7 Å². The Morgan fingerprint density at radius 2 is 2.00 bits per heavy atom. The molecule has 0 aromatic heterocycles. The Hall–Kier alpha value is -2.70. The number of nitrogens with one attached hydrogen (secondary N) is 2. The molecule has 2 rings (SSSR count). The molecule has 1 aliphatic rings. The van der Waals surface area contributed by atoms with Gasteiger partial charge in [0.05, 0.1) is 31.4 Å². The zero-order valence-electron chi connectivity index (χ0n) is 17.3. The Morgan fingerprint density at radius 3 is 2.61 bits per heavy atom. The number of para-hydroxylation sites is 1. The number of hydrogen-bond acceptors (Lipinski definition) is 5. The van der Waals surface area contributed by atoms with E-state index in [0.29, 0.717) is 41.4 Å². The summed E-state index contributed by atoms with van der Waals surface area (Å²) >= 11 is 0. The Morgan fingerprint density at radius 1 is 1.25 bits per heavy atom. The van der Waals surface area contributed by atoms with Crippen molar-refractivity contribution >= 4 is 12.0 Å². The van der Waals surface area contributed by atoms with Gasteiger partial charge >= 0.3 is 12.0 Å². The van der Waals surface area contributed by atoms with Gasteiger partial charge in [0, 0.05) is 11.3 Å². The molecule has 0 spiro atoms. The quantitative estimate of drug-likeness (QED) is 0.626. The number of rotatable bonds is 9. The van der Waals surface area contributed by atoms with E-state index in [1.807, 2.05) is 19.1 Å². The van der Waals surface area contributed by atoms with Gasteiger partial charge in [0.25, 0.3) is 0 Å². The average molecular weight is 390 g/mol. The molecule has 1 aromatic carbocycles. The molecule has 0 bridgehead atoms. The second kappa shape index (κ2) is 10.0. The first-order valence-electron chi connectivity index (χ1n) is 9.74. The average Bonchev–Trinajstić information content (AvgIpc) is 2.65. The minimum Gasteiger partial charge on any atom is -0.493 e. The van der Waals surface area contributed by atoms with E-state index in [9.17, 15) is 9.59 Å². The number of carbonyl (C=O) groups is 2. The fraction of sp³-hybridized carbons (Fsp3) is 0.524. The molecule has 1 atom stereocenters. The van der Waals surface area contributed by atoms with Gasteiger partial charge in [-0.15, -0.1) is 0 Å². The van der Waals surface area contributed by atoms with Crippen LogP contribution in [0, 0.1) is 0 Å². The molecule has 28 heavy (non-hydrogen) atoms. The van der Waals surface area contributed by atoms with Crippen LogP contribution in [0.1, 0.15) is 58.6 Å². The van der Waals surface area contributed by atoms with Crippen LogP contribution in [0.3, 0.4) is 0 Å². The fourth-order valence-electron chi connectivity index (χ4n) is 3.14. The maximum atomic E-state index is 13.0. The highest BCUT2D eigenvalue weighted by molar-refractivity contribution is 5.95. The number of carbonyl (C=O) groups excluding carboxylic acids is 2. The molecule has 1 heterocycles. The Kier molecular flexibility index (Phi) is 7.72. The number of esters is 1. The lowest BCUT2D eigenvalue weighted by atomic mass is 9.92. The highest BCUT2D eigenvalue weighted by Crippen LogP contribution is 2.40. The number of hydrogen-bond donors (Lipinski definition) is 2. The molecule has 1 aliphatic heterocycles. The molecule has 0 radical (unpaired) electrons. The molecular weight excluding hydrogens is 360 g/mol. The van der Waals surface area contributed by atoms with Crippen LogP contribution in [0.4, 0.5) is 4.79 Å². The summed E-state index contributed by atoms with van der Waals surface area (Å²) < 4.78 is 16.7. The van der Waals surface area contributed by atoms with Gasteiger partial charge in [-0.25, -0.2) is 9.59 Å². The molecule has 1 aromatic rings. The molecule has 7 heteroatoms. The summed E-state index contributed by atoms with van der Waals surface area (Å²) in [4.78, 5) is 25.3. The van der Waals surface area contributed by atoms with Crippen LogP contribution in [-0.4, -0.2) is 31.8 Å². The van der Waals surface area contributed by atoms with Crippen molar-refractivity contribution in [2.45, 2.75) is 59.1 Å².